The number of anilines is 1. The number of pyridine rings is 1. The molecule has 2 heterocycles. The number of piperidine rings is 1. The molecule has 0 amide bonds. The zero-order valence-corrected chi connectivity index (χ0v) is 12.7. The van der Waals surface area contributed by atoms with Gasteiger partial charge in [0.05, 0.1) is 17.1 Å². The molecule has 0 N–H and O–H groups in total. The molecule has 3 nitrogen and oxygen atoms in total. The molecule has 0 aliphatic carbocycles. The van der Waals surface area contributed by atoms with E-state index in [2.05, 4.69) is 24.8 Å². The average molecular weight is 279 g/mol. The number of nitrogens with zero attached hydrogens (tertiary/aromatic N) is 3. The van der Waals surface area contributed by atoms with E-state index < -0.39 is 0 Å². The zero-order chi connectivity index (χ0) is 14.8. The Hall–Kier alpha value is -2.08. The summed E-state index contributed by atoms with van der Waals surface area (Å²) in [6.07, 6.45) is 2.43. The van der Waals surface area contributed by atoms with E-state index in [4.69, 9.17) is 4.98 Å². The highest BCUT2D eigenvalue weighted by Gasteiger charge is 2.22. The first kappa shape index (κ1) is 13.9. The van der Waals surface area contributed by atoms with Crippen LogP contribution in [0.3, 0.4) is 0 Å². The predicted octanol–water partition coefficient (Wildman–Crippen LogP) is 3.98. The minimum atomic E-state index is 0.724. The normalized spacial score (nSPS) is 16.4. The monoisotopic (exact) mass is 279 g/mol. The second-order valence-electron chi connectivity index (χ2n) is 6.23. The fourth-order valence-corrected chi connectivity index (χ4v) is 3.21. The van der Waals surface area contributed by atoms with Crippen molar-refractivity contribution in [1.29, 1.82) is 5.26 Å². The van der Waals surface area contributed by atoms with Gasteiger partial charge in [-0.25, -0.2) is 4.98 Å². The molecule has 0 spiro atoms. The summed E-state index contributed by atoms with van der Waals surface area (Å²) in [6, 6.07) is 12.1. The molecule has 1 aliphatic rings. The fraction of sp³-hybridized carbons (Fsp3) is 0.444. The molecule has 108 valence electrons. The Morgan fingerprint density at radius 1 is 1.24 bits per heavy atom. The van der Waals surface area contributed by atoms with Crippen LogP contribution in [0, 0.1) is 23.2 Å². The molecule has 0 atom stereocenters. The van der Waals surface area contributed by atoms with E-state index in [-0.39, 0.29) is 0 Å². The van der Waals surface area contributed by atoms with E-state index in [0.717, 1.165) is 47.2 Å². The van der Waals surface area contributed by atoms with Gasteiger partial charge in [-0.3, -0.25) is 0 Å². The summed E-state index contributed by atoms with van der Waals surface area (Å²) in [4.78, 5) is 7.08. The number of hydrogen-bond donors (Lipinski definition) is 0. The Kier molecular flexibility index (Phi) is 3.79. The molecule has 3 heteroatoms. The van der Waals surface area contributed by atoms with Crippen molar-refractivity contribution in [3.8, 4) is 6.07 Å². The van der Waals surface area contributed by atoms with Crippen LogP contribution in [0.5, 0.6) is 0 Å². The van der Waals surface area contributed by atoms with Gasteiger partial charge in [0.2, 0.25) is 0 Å². The molecule has 0 saturated carbocycles. The van der Waals surface area contributed by atoms with Crippen LogP contribution < -0.4 is 4.90 Å². The second-order valence-corrected chi connectivity index (χ2v) is 6.23. The number of aromatic nitrogens is 1. The van der Waals surface area contributed by atoms with Gasteiger partial charge in [0.25, 0.3) is 0 Å². The van der Waals surface area contributed by atoms with E-state index in [1.54, 1.807) is 0 Å². The highest BCUT2D eigenvalue weighted by atomic mass is 15.2. The van der Waals surface area contributed by atoms with Gasteiger partial charge in [0, 0.05) is 18.5 Å². The zero-order valence-electron chi connectivity index (χ0n) is 12.7. The van der Waals surface area contributed by atoms with E-state index in [0.29, 0.717) is 0 Å². The lowest BCUT2D eigenvalue weighted by molar-refractivity contribution is 0.311. The van der Waals surface area contributed by atoms with Crippen LogP contribution in [0.15, 0.2) is 30.3 Å². The smallest absolute Gasteiger partial charge is 0.130 e. The van der Waals surface area contributed by atoms with E-state index >= 15 is 0 Å². The quantitative estimate of drug-likeness (QED) is 0.834. The molecule has 1 fully saturated rings. The van der Waals surface area contributed by atoms with Crippen LogP contribution in [-0.2, 0) is 0 Å². The van der Waals surface area contributed by atoms with Gasteiger partial charge >= 0.3 is 0 Å². The summed E-state index contributed by atoms with van der Waals surface area (Å²) in [5.41, 5.74) is 1.64. The Balaban J connectivity index is 1.90. The highest BCUT2D eigenvalue weighted by Crippen LogP contribution is 2.29. The summed E-state index contributed by atoms with van der Waals surface area (Å²) >= 11 is 0. The van der Waals surface area contributed by atoms with Gasteiger partial charge in [-0.05, 0) is 36.8 Å². The number of nitriles is 1. The van der Waals surface area contributed by atoms with Crippen molar-refractivity contribution < 1.29 is 0 Å². The third-order valence-corrected chi connectivity index (χ3v) is 4.63. The van der Waals surface area contributed by atoms with Crippen molar-refractivity contribution in [2.45, 2.75) is 26.7 Å². The maximum Gasteiger partial charge on any atom is 0.130 e. The Morgan fingerprint density at radius 2 is 1.95 bits per heavy atom. The van der Waals surface area contributed by atoms with Gasteiger partial charge < -0.3 is 4.90 Å². The molecular formula is C18H21N3. The van der Waals surface area contributed by atoms with Crippen molar-refractivity contribution in [1.82, 2.24) is 4.98 Å². The minimum Gasteiger partial charge on any atom is -0.357 e. The first-order valence-electron chi connectivity index (χ1n) is 7.74. The van der Waals surface area contributed by atoms with Crippen LogP contribution >= 0.6 is 0 Å². The van der Waals surface area contributed by atoms with Gasteiger partial charge in [-0.2, -0.15) is 5.26 Å². The molecule has 0 bridgehead atoms. The number of benzene rings is 1. The molecule has 21 heavy (non-hydrogen) atoms. The molecule has 1 aromatic heterocycles. The number of fused-ring (bicyclic) bond motifs is 1. The first-order chi connectivity index (χ1) is 10.2. The van der Waals surface area contributed by atoms with E-state index in [1.807, 2.05) is 30.3 Å². The minimum absolute atomic E-state index is 0.724. The van der Waals surface area contributed by atoms with Gasteiger partial charge in [-0.1, -0.05) is 32.0 Å². The summed E-state index contributed by atoms with van der Waals surface area (Å²) in [5.74, 6) is 2.52. The van der Waals surface area contributed by atoms with E-state index in [9.17, 15) is 5.26 Å². The Bertz CT molecular complexity index is 676. The maximum absolute atomic E-state index is 9.38. The number of hydrogen-bond acceptors (Lipinski definition) is 3. The highest BCUT2D eigenvalue weighted by molar-refractivity contribution is 5.86. The van der Waals surface area contributed by atoms with Crippen molar-refractivity contribution in [2.75, 3.05) is 18.0 Å². The summed E-state index contributed by atoms with van der Waals surface area (Å²) < 4.78 is 0. The Labute approximate surface area is 126 Å². The number of para-hydroxylation sites is 1. The molecule has 3 rings (SSSR count). The SMILES string of the molecule is CC(C)C1CCN(c2cc(C#N)c3ccccc3n2)CC1. The predicted molar refractivity (Wildman–Crippen MR) is 86.2 cm³/mol. The standard InChI is InChI=1S/C18H21N3/c1-13(2)14-7-9-21(10-8-14)18-11-15(12-19)16-5-3-4-6-17(16)20-18/h3-6,11,13-14H,7-10H2,1-2H3. The van der Waals surface area contributed by atoms with Crippen LogP contribution in [0.1, 0.15) is 32.3 Å². The first-order valence-corrected chi connectivity index (χ1v) is 7.74. The third kappa shape index (κ3) is 2.71. The maximum atomic E-state index is 9.38. The summed E-state index contributed by atoms with van der Waals surface area (Å²) in [6.45, 7) is 6.70. The summed E-state index contributed by atoms with van der Waals surface area (Å²) in [7, 11) is 0. The summed E-state index contributed by atoms with van der Waals surface area (Å²) in [5, 5.41) is 10.3. The lowest BCUT2D eigenvalue weighted by atomic mass is 9.87. The van der Waals surface area contributed by atoms with Gasteiger partial charge in [0.1, 0.15) is 5.82 Å². The van der Waals surface area contributed by atoms with Crippen molar-refractivity contribution in [3.05, 3.63) is 35.9 Å². The average Bonchev–Trinajstić information content (AvgIpc) is 2.53. The van der Waals surface area contributed by atoms with Crippen LogP contribution in [0.4, 0.5) is 5.82 Å². The van der Waals surface area contributed by atoms with Crippen molar-refractivity contribution in [3.63, 3.8) is 0 Å². The molecule has 1 saturated heterocycles. The Morgan fingerprint density at radius 3 is 2.62 bits per heavy atom. The number of rotatable bonds is 2. The van der Waals surface area contributed by atoms with Crippen molar-refractivity contribution in [2.24, 2.45) is 11.8 Å². The second kappa shape index (κ2) is 5.73. The van der Waals surface area contributed by atoms with Gasteiger partial charge in [0.15, 0.2) is 0 Å². The molecular weight excluding hydrogens is 258 g/mol. The topological polar surface area (TPSA) is 39.9 Å². The van der Waals surface area contributed by atoms with E-state index in [1.165, 1.54) is 12.8 Å². The largest absolute Gasteiger partial charge is 0.357 e. The van der Waals surface area contributed by atoms with Crippen LogP contribution in [-0.4, -0.2) is 18.1 Å². The van der Waals surface area contributed by atoms with Crippen LogP contribution in [0.25, 0.3) is 10.9 Å². The van der Waals surface area contributed by atoms with Crippen LogP contribution in [0.2, 0.25) is 0 Å². The van der Waals surface area contributed by atoms with Gasteiger partial charge in [-0.15, -0.1) is 0 Å². The molecule has 0 unspecified atom stereocenters. The fourth-order valence-electron chi connectivity index (χ4n) is 3.21. The molecule has 0 radical (unpaired) electrons. The molecule has 1 aliphatic heterocycles. The lowest BCUT2D eigenvalue weighted by Gasteiger charge is -2.34. The molecule has 2 aromatic rings. The third-order valence-electron chi connectivity index (χ3n) is 4.63. The lowest BCUT2D eigenvalue weighted by Crippen LogP contribution is -2.35. The molecule has 1 aromatic carbocycles. The van der Waals surface area contributed by atoms with Crippen molar-refractivity contribution >= 4 is 16.7 Å².